The van der Waals surface area contributed by atoms with Crippen molar-refractivity contribution in [3.63, 3.8) is 0 Å². The van der Waals surface area contributed by atoms with Crippen LogP contribution in [0.3, 0.4) is 0 Å². The van der Waals surface area contributed by atoms with E-state index in [0.29, 0.717) is 23.1 Å². The number of fused-ring (bicyclic) bond motifs is 3. The van der Waals surface area contributed by atoms with E-state index in [9.17, 15) is 4.39 Å². The SMILES string of the molecule is CC(Cc1cc(F)c2cc(Cl)c(N)nc2c1)C1=C[C@@H](n2ccc3c(N)ncnc32)[C@@H]2OC(C)(C)O[C@]12C. The number of hydrogen-bond acceptors (Lipinski definition) is 7. The molecule has 1 aliphatic carbocycles. The molecule has 1 fully saturated rings. The van der Waals surface area contributed by atoms with Crippen molar-refractivity contribution in [2.24, 2.45) is 5.92 Å². The zero-order valence-corrected chi connectivity index (χ0v) is 21.8. The van der Waals surface area contributed by atoms with E-state index in [1.807, 2.05) is 32.2 Å². The number of nitrogen functional groups attached to an aromatic ring is 2. The minimum absolute atomic E-state index is 0.0121. The zero-order chi connectivity index (χ0) is 26.3. The van der Waals surface area contributed by atoms with Crippen molar-refractivity contribution in [2.45, 2.75) is 57.6 Å². The molecule has 1 aromatic carbocycles. The van der Waals surface area contributed by atoms with Crippen LogP contribution in [0.25, 0.3) is 21.9 Å². The van der Waals surface area contributed by atoms with Crippen LogP contribution in [0.2, 0.25) is 5.02 Å². The molecule has 8 nitrogen and oxygen atoms in total. The van der Waals surface area contributed by atoms with Gasteiger partial charge in [-0.3, -0.25) is 0 Å². The van der Waals surface area contributed by atoms with Gasteiger partial charge in [-0.05, 0) is 68.5 Å². The van der Waals surface area contributed by atoms with Gasteiger partial charge in [-0.15, -0.1) is 0 Å². The molecule has 6 rings (SSSR count). The highest BCUT2D eigenvalue weighted by Crippen LogP contribution is 2.53. The van der Waals surface area contributed by atoms with Gasteiger partial charge in [-0.1, -0.05) is 24.6 Å². The standard InChI is InChI=1S/C27H28ClFN6O2/c1-13(7-14-8-19(29)16-10-18(28)24(31)34-20(16)9-14)17-11-21(22-27(17,4)37-26(2,3)36-22)35-6-5-15-23(30)32-12-33-25(15)35/h5-6,8-13,21-22H,7H2,1-4H3,(H2,31,34)(H2,30,32,33)/t13?,21-,22+,27-/m1/s1. The van der Waals surface area contributed by atoms with Crippen molar-refractivity contribution in [3.05, 3.63) is 64.8 Å². The Morgan fingerprint density at radius 1 is 1.14 bits per heavy atom. The van der Waals surface area contributed by atoms with Gasteiger partial charge in [0.1, 0.15) is 41.1 Å². The van der Waals surface area contributed by atoms with Crippen molar-refractivity contribution in [2.75, 3.05) is 11.5 Å². The first-order chi connectivity index (χ1) is 17.5. The normalized spacial score (nSPS) is 25.5. The number of benzene rings is 1. The van der Waals surface area contributed by atoms with E-state index < -0.39 is 11.4 Å². The summed E-state index contributed by atoms with van der Waals surface area (Å²) in [4.78, 5) is 12.9. The minimum atomic E-state index is -0.774. The minimum Gasteiger partial charge on any atom is -0.383 e. The molecule has 0 bridgehead atoms. The molecular formula is C27H28ClFN6O2. The lowest BCUT2D eigenvalue weighted by Crippen LogP contribution is -2.40. The molecule has 1 saturated heterocycles. The largest absolute Gasteiger partial charge is 0.383 e. The maximum Gasteiger partial charge on any atom is 0.164 e. The quantitative estimate of drug-likeness (QED) is 0.354. The third-order valence-corrected chi connectivity index (χ3v) is 7.81. The van der Waals surface area contributed by atoms with E-state index in [0.717, 1.165) is 22.2 Å². The van der Waals surface area contributed by atoms with Crippen molar-refractivity contribution in [3.8, 4) is 0 Å². The number of ether oxygens (including phenoxy) is 2. The molecule has 4 atom stereocenters. The second-order valence-corrected chi connectivity index (χ2v) is 11.0. The third kappa shape index (κ3) is 3.75. The van der Waals surface area contributed by atoms with E-state index in [1.54, 1.807) is 0 Å². The van der Waals surface area contributed by atoms with E-state index in [1.165, 1.54) is 18.5 Å². The smallest absolute Gasteiger partial charge is 0.164 e. The Balaban J connectivity index is 1.40. The second-order valence-electron chi connectivity index (χ2n) is 10.6. The molecule has 192 valence electrons. The summed E-state index contributed by atoms with van der Waals surface area (Å²) in [6, 6.07) is 6.66. The Labute approximate surface area is 218 Å². The van der Waals surface area contributed by atoms with Crippen molar-refractivity contribution >= 4 is 45.2 Å². The predicted octanol–water partition coefficient (Wildman–Crippen LogP) is 5.21. The zero-order valence-electron chi connectivity index (χ0n) is 21.0. The third-order valence-electron chi connectivity index (χ3n) is 7.50. The molecule has 1 aliphatic heterocycles. The molecule has 4 N–H and O–H groups in total. The van der Waals surface area contributed by atoms with Crippen molar-refractivity contribution in [1.82, 2.24) is 19.5 Å². The predicted molar refractivity (Wildman–Crippen MR) is 141 cm³/mol. The van der Waals surface area contributed by atoms with Gasteiger partial charge in [0.25, 0.3) is 0 Å². The summed E-state index contributed by atoms with van der Waals surface area (Å²) in [7, 11) is 0. The second kappa shape index (κ2) is 8.11. The first-order valence-corrected chi connectivity index (χ1v) is 12.6. The van der Waals surface area contributed by atoms with Crippen LogP contribution in [0.15, 0.2) is 48.4 Å². The molecule has 37 heavy (non-hydrogen) atoms. The Bertz CT molecular complexity index is 1600. The van der Waals surface area contributed by atoms with E-state index in [-0.39, 0.29) is 34.7 Å². The molecule has 0 radical (unpaired) electrons. The van der Waals surface area contributed by atoms with E-state index in [2.05, 4.69) is 39.4 Å². The van der Waals surface area contributed by atoms with Crippen LogP contribution in [0.4, 0.5) is 16.0 Å². The fourth-order valence-corrected chi connectivity index (χ4v) is 6.19. The molecule has 4 heterocycles. The van der Waals surface area contributed by atoms with Gasteiger partial charge in [0.05, 0.1) is 22.0 Å². The Kier molecular flexibility index (Phi) is 5.28. The average molecular weight is 523 g/mol. The molecule has 0 amide bonds. The van der Waals surface area contributed by atoms with Crippen LogP contribution >= 0.6 is 11.6 Å². The van der Waals surface area contributed by atoms with Crippen LogP contribution in [-0.4, -0.2) is 37.0 Å². The lowest BCUT2D eigenvalue weighted by atomic mass is 9.83. The highest BCUT2D eigenvalue weighted by atomic mass is 35.5. The van der Waals surface area contributed by atoms with Crippen LogP contribution < -0.4 is 11.5 Å². The fourth-order valence-electron chi connectivity index (χ4n) is 6.04. The number of aromatic nitrogens is 4. The molecule has 1 unspecified atom stereocenters. The molecule has 0 saturated carbocycles. The first kappa shape index (κ1) is 24.1. The van der Waals surface area contributed by atoms with Crippen LogP contribution in [0, 0.1) is 11.7 Å². The fraction of sp³-hybridized carbons (Fsp3) is 0.370. The summed E-state index contributed by atoms with van der Waals surface area (Å²) in [5.41, 5.74) is 14.4. The number of nitrogens with two attached hydrogens (primary N) is 2. The average Bonchev–Trinajstić information content (AvgIpc) is 3.42. The van der Waals surface area contributed by atoms with Gasteiger partial charge in [-0.25, -0.2) is 19.3 Å². The molecule has 4 aromatic rings. The number of nitrogens with zero attached hydrogens (tertiary/aromatic N) is 4. The van der Waals surface area contributed by atoms with Gasteiger partial charge < -0.3 is 25.5 Å². The van der Waals surface area contributed by atoms with E-state index in [4.69, 9.17) is 32.5 Å². The highest BCUT2D eigenvalue weighted by Gasteiger charge is 2.59. The van der Waals surface area contributed by atoms with Crippen LogP contribution in [-0.2, 0) is 15.9 Å². The molecule has 3 aromatic heterocycles. The summed E-state index contributed by atoms with van der Waals surface area (Å²) in [5, 5.41) is 1.37. The lowest BCUT2D eigenvalue weighted by Gasteiger charge is -2.31. The highest BCUT2D eigenvalue weighted by molar-refractivity contribution is 6.33. The molecule has 2 aliphatic rings. The number of anilines is 2. The lowest BCUT2D eigenvalue weighted by molar-refractivity contribution is -0.158. The monoisotopic (exact) mass is 522 g/mol. The Hall–Kier alpha value is -3.27. The topological polar surface area (TPSA) is 114 Å². The Morgan fingerprint density at radius 3 is 2.70 bits per heavy atom. The van der Waals surface area contributed by atoms with Gasteiger partial charge in [0.15, 0.2) is 5.79 Å². The number of rotatable bonds is 4. The maximum atomic E-state index is 15.0. The van der Waals surface area contributed by atoms with Gasteiger partial charge in [-0.2, -0.15) is 0 Å². The van der Waals surface area contributed by atoms with Gasteiger partial charge in [0.2, 0.25) is 0 Å². The molecule has 0 spiro atoms. The molecular weight excluding hydrogens is 495 g/mol. The van der Waals surface area contributed by atoms with Crippen molar-refractivity contribution < 1.29 is 13.9 Å². The van der Waals surface area contributed by atoms with Gasteiger partial charge in [0, 0.05) is 11.6 Å². The summed E-state index contributed by atoms with van der Waals surface area (Å²) < 4.78 is 30.0. The Morgan fingerprint density at radius 2 is 1.92 bits per heavy atom. The number of hydrogen-bond donors (Lipinski definition) is 2. The van der Waals surface area contributed by atoms with Crippen molar-refractivity contribution in [1.29, 1.82) is 0 Å². The number of pyridine rings is 1. The number of halogens is 2. The van der Waals surface area contributed by atoms with Crippen LogP contribution in [0.5, 0.6) is 0 Å². The van der Waals surface area contributed by atoms with Gasteiger partial charge >= 0.3 is 0 Å². The summed E-state index contributed by atoms with van der Waals surface area (Å²) in [6.07, 6.45) is 5.90. The summed E-state index contributed by atoms with van der Waals surface area (Å²) >= 11 is 6.06. The van der Waals surface area contributed by atoms with E-state index >= 15 is 0 Å². The summed E-state index contributed by atoms with van der Waals surface area (Å²) in [5.74, 6) is -0.534. The first-order valence-electron chi connectivity index (χ1n) is 12.2. The van der Waals surface area contributed by atoms with Crippen LogP contribution in [0.1, 0.15) is 39.3 Å². The summed E-state index contributed by atoms with van der Waals surface area (Å²) in [6.45, 7) is 8.02. The maximum absolute atomic E-state index is 15.0. The molecule has 10 heteroatoms.